The van der Waals surface area contributed by atoms with Crippen molar-refractivity contribution in [2.24, 2.45) is 0 Å². The largest absolute Gasteiger partial charge is 0.394 e. The number of aryl methyl sites for hydroxylation is 1. The van der Waals surface area contributed by atoms with Crippen molar-refractivity contribution in [1.82, 2.24) is 20.2 Å². The van der Waals surface area contributed by atoms with Gasteiger partial charge >= 0.3 is 0 Å². The van der Waals surface area contributed by atoms with E-state index in [0.29, 0.717) is 11.4 Å². The van der Waals surface area contributed by atoms with E-state index < -0.39 is 18.6 Å². The molecule has 0 bridgehead atoms. The summed E-state index contributed by atoms with van der Waals surface area (Å²) in [6.45, 7) is 10.2. The molecule has 180 valence electrons. The quantitative estimate of drug-likeness (QED) is 0.484. The summed E-state index contributed by atoms with van der Waals surface area (Å²) >= 11 is 1.13. The van der Waals surface area contributed by atoms with Crippen molar-refractivity contribution in [3.05, 3.63) is 28.5 Å². The Morgan fingerprint density at radius 2 is 2.09 bits per heavy atom. The first kappa shape index (κ1) is 25.1. The van der Waals surface area contributed by atoms with Crippen LogP contribution in [0, 0.1) is 6.92 Å². The van der Waals surface area contributed by atoms with Crippen molar-refractivity contribution in [1.29, 1.82) is 0 Å². The second-order valence-electron chi connectivity index (χ2n) is 9.49. The number of nitrogens with zero attached hydrogens (tertiary/aromatic N) is 3. The van der Waals surface area contributed by atoms with Gasteiger partial charge in [0.15, 0.2) is 5.01 Å². The van der Waals surface area contributed by atoms with Crippen LogP contribution in [0.1, 0.15) is 66.4 Å². The summed E-state index contributed by atoms with van der Waals surface area (Å²) in [5.41, 5.74) is 1.74. The van der Waals surface area contributed by atoms with E-state index in [1.54, 1.807) is 11.1 Å². The van der Waals surface area contributed by atoms with Gasteiger partial charge in [0.2, 0.25) is 0 Å². The molecular weight excluding hydrogens is 442 g/mol. The lowest BCUT2D eigenvalue weighted by atomic mass is 10.1. The highest BCUT2D eigenvalue weighted by Crippen LogP contribution is 2.35. The highest BCUT2D eigenvalue weighted by atomic mass is 32.1. The fraction of sp³-hybridized carbons (Fsp3) is 0.565. The van der Waals surface area contributed by atoms with Crippen LogP contribution in [0.15, 0.2) is 12.3 Å². The fourth-order valence-corrected chi connectivity index (χ4v) is 4.76. The third-order valence-electron chi connectivity index (χ3n) is 5.41. The minimum atomic E-state index is -1.06. The zero-order valence-corrected chi connectivity index (χ0v) is 20.6. The lowest BCUT2D eigenvalue weighted by Crippen LogP contribution is -2.35. The van der Waals surface area contributed by atoms with E-state index in [9.17, 15) is 14.7 Å². The van der Waals surface area contributed by atoms with Crippen molar-refractivity contribution in [2.45, 2.75) is 65.1 Å². The van der Waals surface area contributed by atoms with Crippen molar-refractivity contribution >= 4 is 29.0 Å². The lowest BCUT2D eigenvalue weighted by Gasteiger charge is -2.22. The number of carbonyl (C=O) groups is 2. The predicted octanol–water partition coefficient (Wildman–Crippen LogP) is 2.43. The van der Waals surface area contributed by atoms with Crippen LogP contribution in [0.5, 0.6) is 0 Å². The number of thiazole rings is 1. The molecule has 2 aromatic rings. The highest BCUT2D eigenvalue weighted by molar-refractivity contribution is 7.17. The Morgan fingerprint density at radius 3 is 2.67 bits per heavy atom. The summed E-state index contributed by atoms with van der Waals surface area (Å²) in [6, 6.07) is 2.03. The van der Waals surface area contributed by atoms with E-state index in [4.69, 9.17) is 5.11 Å². The van der Waals surface area contributed by atoms with Gasteiger partial charge in [0, 0.05) is 36.4 Å². The van der Waals surface area contributed by atoms with E-state index in [0.717, 1.165) is 41.1 Å². The number of aliphatic hydroxyl groups is 2. The van der Waals surface area contributed by atoms with E-state index in [-0.39, 0.29) is 34.7 Å². The summed E-state index contributed by atoms with van der Waals surface area (Å²) in [6.07, 6.45) is 2.52. The van der Waals surface area contributed by atoms with Crippen LogP contribution in [-0.4, -0.2) is 74.3 Å². The molecule has 1 fully saturated rings. The van der Waals surface area contributed by atoms with E-state index in [1.165, 1.54) is 0 Å². The number of rotatable bonds is 7. The minimum Gasteiger partial charge on any atom is -0.394 e. The predicted molar refractivity (Wildman–Crippen MR) is 129 cm³/mol. The smallest absolute Gasteiger partial charge is 0.280 e. The topological polar surface area (TPSA) is 128 Å². The molecule has 33 heavy (non-hydrogen) atoms. The van der Waals surface area contributed by atoms with Crippen LogP contribution in [0.4, 0.5) is 5.82 Å². The van der Waals surface area contributed by atoms with Crippen LogP contribution in [0.3, 0.4) is 0 Å². The molecule has 9 nitrogen and oxygen atoms in total. The van der Waals surface area contributed by atoms with Crippen LogP contribution < -0.4 is 10.6 Å². The Labute approximate surface area is 198 Å². The van der Waals surface area contributed by atoms with E-state index in [2.05, 4.69) is 20.6 Å². The molecule has 0 unspecified atom stereocenters. The Kier molecular flexibility index (Phi) is 7.71. The molecule has 2 atom stereocenters. The van der Waals surface area contributed by atoms with Crippen molar-refractivity contribution < 1.29 is 19.8 Å². The number of pyridine rings is 1. The van der Waals surface area contributed by atoms with Gasteiger partial charge in [-0.1, -0.05) is 0 Å². The molecule has 0 aliphatic carbocycles. The van der Waals surface area contributed by atoms with Gasteiger partial charge in [-0.05, 0) is 59.1 Å². The van der Waals surface area contributed by atoms with Crippen molar-refractivity contribution in [3.63, 3.8) is 0 Å². The third-order valence-corrected chi connectivity index (χ3v) is 6.49. The first-order valence-electron chi connectivity index (χ1n) is 11.1. The first-order valence-corrected chi connectivity index (χ1v) is 12.0. The molecule has 2 amide bonds. The SMILES string of the molecule is Cc1cc(NC(C)(C)C)ncc1-c1sc(C(=O)NC[C@H](O)CO)nc1C(=O)N1CCC[C@@H]1C. The molecule has 0 aromatic carbocycles. The summed E-state index contributed by atoms with van der Waals surface area (Å²) in [5.74, 6) is 0.0288. The maximum Gasteiger partial charge on any atom is 0.280 e. The van der Waals surface area contributed by atoms with Gasteiger partial charge in [0.05, 0.1) is 17.6 Å². The van der Waals surface area contributed by atoms with Gasteiger partial charge in [-0.2, -0.15) is 0 Å². The molecule has 0 saturated carbocycles. The molecule has 0 spiro atoms. The first-order chi connectivity index (χ1) is 15.5. The molecule has 3 rings (SSSR count). The average Bonchev–Trinajstić information content (AvgIpc) is 3.37. The zero-order valence-electron chi connectivity index (χ0n) is 19.8. The number of amides is 2. The maximum atomic E-state index is 13.4. The molecule has 1 aliphatic rings. The third kappa shape index (κ3) is 6.07. The summed E-state index contributed by atoms with van der Waals surface area (Å²) in [5, 5.41) is 24.5. The Hall–Kier alpha value is -2.56. The van der Waals surface area contributed by atoms with Crippen molar-refractivity contribution in [3.8, 4) is 10.4 Å². The standard InChI is InChI=1S/C23H33N5O4S/c1-13-9-17(27-23(3,4)5)24-11-16(13)19-18(22(32)28-8-6-7-14(28)2)26-21(33-19)20(31)25-10-15(30)12-29/h9,11,14-15,29-30H,6-8,10,12H2,1-5H3,(H,24,27)(H,25,31)/t14-,15-/m0/s1. The number of hydrogen-bond donors (Lipinski definition) is 4. The number of carbonyl (C=O) groups excluding carboxylic acids is 2. The normalized spacial score (nSPS) is 17.2. The Bertz CT molecular complexity index is 1020. The molecule has 2 aromatic heterocycles. The van der Waals surface area contributed by atoms with Crippen LogP contribution >= 0.6 is 11.3 Å². The summed E-state index contributed by atoms with van der Waals surface area (Å²) in [4.78, 5) is 37.4. The highest BCUT2D eigenvalue weighted by Gasteiger charge is 2.32. The van der Waals surface area contributed by atoms with Gasteiger partial charge in [-0.3, -0.25) is 9.59 Å². The van der Waals surface area contributed by atoms with Gasteiger partial charge in [-0.15, -0.1) is 11.3 Å². The van der Waals surface area contributed by atoms with Gasteiger partial charge < -0.3 is 25.7 Å². The molecular formula is C23H33N5O4S. The number of nitrogens with one attached hydrogen (secondary N) is 2. The maximum absolute atomic E-state index is 13.4. The second-order valence-corrected chi connectivity index (χ2v) is 10.5. The molecule has 1 aliphatic heterocycles. The number of likely N-dealkylation sites (tertiary alicyclic amines) is 1. The Balaban J connectivity index is 1.99. The number of aliphatic hydroxyl groups excluding tert-OH is 2. The fourth-order valence-electron chi connectivity index (χ4n) is 3.71. The lowest BCUT2D eigenvalue weighted by molar-refractivity contribution is 0.0742. The number of anilines is 1. The summed E-state index contributed by atoms with van der Waals surface area (Å²) in [7, 11) is 0. The van der Waals surface area contributed by atoms with Crippen molar-refractivity contribution in [2.75, 3.05) is 25.0 Å². The van der Waals surface area contributed by atoms with Crippen LogP contribution in [0.2, 0.25) is 0 Å². The second kappa shape index (κ2) is 10.1. The van der Waals surface area contributed by atoms with Crippen LogP contribution in [0.25, 0.3) is 10.4 Å². The monoisotopic (exact) mass is 475 g/mol. The van der Waals surface area contributed by atoms with E-state index in [1.807, 2.05) is 40.7 Å². The van der Waals surface area contributed by atoms with Gasteiger partial charge in [0.25, 0.3) is 11.8 Å². The summed E-state index contributed by atoms with van der Waals surface area (Å²) < 4.78 is 0. The molecule has 4 N–H and O–H groups in total. The van der Waals surface area contributed by atoms with Gasteiger partial charge in [-0.25, -0.2) is 9.97 Å². The average molecular weight is 476 g/mol. The molecule has 3 heterocycles. The molecule has 0 radical (unpaired) electrons. The van der Waals surface area contributed by atoms with Gasteiger partial charge in [0.1, 0.15) is 11.5 Å². The minimum absolute atomic E-state index is 0.107. The molecule has 1 saturated heterocycles. The number of aromatic nitrogens is 2. The zero-order chi connectivity index (χ0) is 24.3. The molecule has 10 heteroatoms. The Morgan fingerprint density at radius 1 is 1.36 bits per heavy atom. The van der Waals surface area contributed by atoms with E-state index >= 15 is 0 Å². The van der Waals surface area contributed by atoms with Crippen LogP contribution in [-0.2, 0) is 0 Å². The number of hydrogen-bond acceptors (Lipinski definition) is 8.